The molecule has 0 bridgehead atoms. The first-order chi connectivity index (χ1) is 36.0. The van der Waals surface area contributed by atoms with Gasteiger partial charge in [0.2, 0.25) is 0 Å². The van der Waals surface area contributed by atoms with Crippen molar-refractivity contribution in [2.45, 2.75) is 322 Å². The Balaban J connectivity index is 4.42. The van der Waals surface area contributed by atoms with Gasteiger partial charge in [0.05, 0.1) is 0 Å². The molecule has 422 valence electrons. The van der Waals surface area contributed by atoms with Crippen LogP contribution in [0.25, 0.3) is 0 Å². The molecular formula is C67H118O6. The Bertz CT molecular complexity index is 1360. The number of hydrogen-bond acceptors (Lipinski definition) is 6. The molecular weight excluding hydrogens is 901 g/mol. The number of allylic oxidation sites excluding steroid dienone is 12. The van der Waals surface area contributed by atoms with Crippen LogP contribution in [0.5, 0.6) is 0 Å². The lowest BCUT2D eigenvalue weighted by atomic mass is 10.0. The van der Waals surface area contributed by atoms with Crippen LogP contribution >= 0.6 is 0 Å². The molecule has 0 unspecified atom stereocenters. The topological polar surface area (TPSA) is 78.9 Å². The van der Waals surface area contributed by atoms with Gasteiger partial charge in [-0.3, -0.25) is 14.4 Å². The summed E-state index contributed by atoms with van der Waals surface area (Å²) >= 11 is 0. The van der Waals surface area contributed by atoms with E-state index in [-0.39, 0.29) is 31.1 Å². The van der Waals surface area contributed by atoms with Crippen molar-refractivity contribution >= 4 is 17.9 Å². The molecule has 0 aliphatic carbocycles. The quantitative estimate of drug-likeness (QED) is 0.0261. The van der Waals surface area contributed by atoms with Crippen molar-refractivity contribution in [3.63, 3.8) is 0 Å². The highest BCUT2D eigenvalue weighted by Crippen LogP contribution is 2.17. The molecule has 0 fully saturated rings. The van der Waals surface area contributed by atoms with Gasteiger partial charge < -0.3 is 14.2 Å². The molecule has 0 radical (unpaired) electrons. The number of rotatable bonds is 57. The van der Waals surface area contributed by atoms with E-state index in [4.69, 9.17) is 14.2 Å². The average Bonchev–Trinajstić information content (AvgIpc) is 3.39. The first kappa shape index (κ1) is 69.8. The molecule has 6 heteroatoms. The zero-order valence-corrected chi connectivity index (χ0v) is 48.4. The van der Waals surface area contributed by atoms with E-state index >= 15 is 0 Å². The van der Waals surface area contributed by atoms with Crippen molar-refractivity contribution in [3.8, 4) is 0 Å². The van der Waals surface area contributed by atoms with E-state index in [9.17, 15) is 14.4 Å². The molecule has 73 heavy (non-hydrogen) atoms. The van der Waals surface area contributed by atoms with Crippen LogP contribution in [0.3, 0.4) is 0 Å². The van der Waals surface area contributed by atoms with E-state index in [0.29, 0.717) is 19.3 Å². The maximum atomic E-state index is 12.9. The van der Waals surface area contributed by atoms with E-state index in [1.54, 1.807) is 0 Å². The highest BCUT2D eigenvalue weighted by molar-refractivity contribution is 5.71. The third-order valence-corrected chi connectivity index (χ3v) is 13.7. The summed E-state index contributed by atoms with van der Waals surface area (Å²) < 4.78 is 16.9. The van der Waals surface area contributed by atoms with Crippen molar-refractivity contribution in [1.82, 2.24) is 0 Å². The van der Waals surface area contributed by atoms with E-state index in [2.05, 4.69) is 93.7 Å². The number of unbranched alkanes of at least 4 members (excludes halogenated alkanes) is 34. The molecule has 0 saturated carbocycles. The second kappa shape index (κ2) is 61.4. The standard InChI is InChI=1S/C67H118O6/c1-4-7-10-13-16-19-22-25-28-31-33-36-39-42-45-48-51-54-57-60-66(69)72-63-64(62-71-65(68)59-56-53-50-47-44-41-38-35-30-27-24-21-18-15-12-9-6-3)73-67(70)61-58-55-52-49-46-43-40-37-34-32-29-26-23-20-17-14-11-8-5-2/h7,10,16,19,25-26,28-29,33,36,42,45,64H,4-6,8-9,11-15,17-18,20-24,27,30-32,34-35,37-41,43-44,46-63H2,1-3H3/b10-7-,19-16-,28-25-,29-26-,36-33-,45-42-/t64-/m1/s1. The van der Waals surface area contributed by atoms with Crippen LogP contribution in [0.15, 0.2) is 72.9 Å². The van der Waals surface area contributed by atoms with Gasteiger partial charge in [0.1, 0.15) is 13.2 Å². The van der Waals surface area contributed by atoms with Crippen LogP contribution in [-0.4, -0.2) is 37.2 Å². The SMILES string of the molecule is CC/C=C\C/C=C\C/C=C\C/C=C\C/C=C\CCCCCC(=O)OC[C@@H](COC(=O)CCCCCCCCCCCCCCCCCCC)OC(=O)CCCCCCCCCCC/C=C\CCCCCCCC. The maximum absolute atomic E-state index is 12.9. The first-order valence-electron chi connectivity index (χ1n) is 31.4. The second-order valence-electron chi connectivity index (χ2n) is 20.9. The van der Waals surface area contributed by atoms with E-state index in [1.807, 2.05) is 0 Å². The molecule has 0 aromatic heterocycles. The minimum Gasteiger partial charge on any atom is -0.462 e. The molecule has 0 aliphatic rings. The van der Waals surface area contributed by atoms with Crippen molar-refractivity contribution < 1.29 is 28.6 Å². The molecule has 0 aromatic carbocycles. The molecule has 0 aliphatic heterocycles. The van der Waals surface area contributed by atoms with Crippen LogP contribution in [0.4, 0.5) is 0 Å². The lowest BCUT2D eigenvalue weighted by Crippen LogP contribution is -2.30. The number of ether oxygens (including phenoxy) is 3. The lowest BCUT2D eigenvalue weighted by Gasteiger charge is -2.18. The number of carbonyl (C=O) groups excluding carboxylic acids is 3. The van der Waals surface area contributed by atoms with Crippen LogP contribution in [0, 0.1) is 0 Å². The van der Waals surface area contributed by atoms with Gasteiger partial charge in [-0.1, -0.05) is 280 Å². The number of esters is 3. The van der Waals surface area contributed by atoms with E-state index < -0.39 is 6.10 Å². The summed E-state index contributed by atoms with van der Waals surface area (Å²) in [5, 5.41) is 0. The Morgan fingerprint density at radius 2 is 0.534 bits per heavy atom. The molecule has 1 atom stereocenters. The summed E-state index contributed by atoms with van der Waals surface area (Å²) in [6.07, 6.45) is 79.0. The van der Waals surface area contributed by atoms with Gasteiger partial charge in [-0.05, 0) is 89.9 Å². The predicted molar refractivity (Wildman–Crippen MR) is 316 cm³/mol. The van der Waals surface area contributed by atoms with Crippen LogP contribution in [-0.2, 0) is 28.6 Å². The van der Waals surface area contributed by atoms with Crippen LogP contribution in [0.2, 0.25) is 0 Å². The first-order valence-corrected chi connectivity index (χ1v) is 31.4. The number of hydrogen-bond donors (Lipinski definition) is 0. The summed E-state index contributed by atoms with van der Waals surface area (Å²) in [5.74, 6) is -0.904. The molecule has 0 aromatic rings. The fourth-order valence-electron chi connectivity index (χ4n) is 9.00. The fraction of sp³-hybridized carbons (Fsp3) is 0.776. The molecule has 0 spiro atoms. The molecule has 0 N–H and O–H groups in total. The van der Waals surface area contributed by atoms with Crippen molar-refractivity contribution in [3.05, 3.63) is 72.9 Å². The van der Waals surface area contributed by atoms with Gasteiger partial charge in [0.15, 0.2) is 6.10 Å². The van der Waals surface area contributed by atoms with Gasteiger partial charge in [-0.2, -0.15) is 0 Å². The zero-order valence-electron chi connectivity index (χ0n) is 48.4. The fourth-order valence-corrected chi connectivity index (χ4v) is 9.00. The minimum atomic E-state index is -0.790. The van der Waals surface area contributed by atoms with Gasteiger partial charge >= 0.3 is 17.9 Å². The zero-order chi connectivity index (χ0) is 52.9. The highest BCUT2D eigenvalue weighted by Gasteiger charge is 2.19. The van der Waals surface area contributed by atoms with Gasteiger partial charge in [0.25, 0.3) is 0 Å². The molecule has 0 heterocycles. The smallest absolute Gasteiger partial charge is 0.306 e. The van der Waals surface area contributed by atoms with Gasteiger partial charge in [-0.25, -0.2) is 0 Å². The lowest BCUT2D eigenvalue weighted by molar-refractivity contribution is -0.167. The summed E-state index contributed by atoms with van der Waals surface area (Å²) in [5.41, 5.74) is 0. The van der Waals surface area contributed by atoms with E-state index in [0.717, 1.165) is 96.3 Å². The average molecular weight is 1020 g/mol. The normalized spacial score (nSPS) is 12.5. The molecule has 6 nitrogen and oxygen atoms in total. The summed E-state index contributed by atoms with van der Waals surface area (Å²) in [6, 6.07) is 0. The van der Waals surface area contributed by atoms with Gasteiger partial charge in [0, 0.05) is 19.3 Å². The summed E-state index contributed by atoms with van der Waals surface area (Å²) in [4.78, 5) is 38.3. The van der Waals surface area contributed by atoms with Crippen molar-refractivity contribution in [2.75, 3.05) is 13.2 Å². The van der Waals surface area contributed by atoms with Gasteiger partial charge in [-0.15, -0.1) is 0 Å². The van der Waals surface area contributed by atoms with Crippen molar-refractivity contribution in [2.24, 2.45) is 0 Å². The Morgan fingerprint density at radius 1 is 0.288 bits per heavy atom. The Kier molecular flexibility index (Phi) is 58.7. The van der Waals surface area contributed by atoms with Crippen LogP contribution < -0.4 is 0 Å². The summed E-state index contributed by atoms with van der Waals surface area (Å²) in [7, 11) is 0. The minimum absolute atomic E-state index is 0.0838. The molecule has 0 amide bonds. The van der Waals surface area contributed by atoms with Crippen LogP contribution in [0.1, 0.15) is 316 Å². The third-order valence-electron chi connectivity index (χ3n) is 13.7. The predicted octanol–water partition coefficient (Wildman–Crippen LogP) is 21.3. The monoisotopic (exact) mass is 1020 g/mol. The second-order valence-corrected chi connectivity index (χ2v) is 20.9. The maximum Gasteiger partial charge on any atom is 0.306 e. The molecule has 0 saturated heterocycles. The van der Waals surface area contributed by atoms with E-state index in [1.165, 1.54) is 180 Å². The largest absolute Gasteiger partial charge is 0.462 e. The summed E-state index contributed by atoms with van der Waals surface area (Å²) in [6.45, 7) is 6.54. The molecule has 0 rings (SSSR count). The Hall–Kier alpha value is -3.15. The number of carbonyl (C=O) groups is 3. The highest BCUT2D eigenvalue weighted by atomic mass is 16.6. The van der Waals surface area contributed by atoms with Crippen molar-refractivity contribution in [1.29, 1.82) is 0 Å². The third kappa shape index (κ3) is 59.6. The Morgan fingerprint density at radius 3 is 0.863 bits per heavy atom. The Labute approximate surface area is 453 Å².